The zero-order valence-electron chi connectivity index (χ0n) is 22.3. The number of benzene rings is 2. The van der Waals surface area contributed by atoms with Crippen molar-refractivity contribution in [1.29, 1.82) is 0 Å². The lowest BCUT2D eigenvalue weighted by Gasteiger charge is -2.24. The molecule has 1 aliphatic rings. The van der Waals surface area contributed by atoms with Crippen molar-refractivity contribution >= 4 is 29.4 Å². The number of methoxy groups -OCH3 is 1. The maximum Gasteiger partial charge on any atom is 0.338 e. The lowest BCUT2D eigenvalue weighted by Crippen LogP contribution is -2.39. The number of rotatable bonds is 7. The Hall–Kier alpha value is -4.70. The van der Waals surface area contributed by atoms with Crippen LogP contribution in [0.4, 0.5) is 0 Å². The molecule has 5 rings (SSSR count). The normalized spacial score (nSPS) is 15.0. The molecule has 0 saturated heterocycles. The Bertz CT molecular complexity index is 1860. The highest BCUT2D eigenvalue weighted by molar-refractivity contribution is 7.07. The summed E-state index contributed by atoms with van der Waals surface area (Å²) in [5.41, 5.74) is 2.81. The summed E-state index contributed by atoms with van der Waals surface area (Å²) in [5, 5.41) is 9.24. The van der Waals surface area contributed by atoms with Gasteiger partial charge < -0.3 is 19.0 Å². The second-order valence-corrected chi connectivity index (χ2v) is 10.1. The molecule has 1 atom stereocenters. The Kier molecular flexibility index (Phi) is 7.27. The van der Waals surface area contributed by atoms with Gasteiger partial charge in [-0.1, -0.05) is 29.5 Å². The maximum atomic E-state index is 13.8. The average molecular weight is 559 g/mol. The quantitative estimate of drug-likeness (QED) is 0.340. The number of furan rings is 1. The fourth-order valence-corrected chi connectivity index (χ4v) is 5.72. The number of ether oxygens (including phenoxy) is 2. The van der Waals surface area contributed by atoms with Crippen LogP contribution in [0, 0.1) is 6.92 Å². The van der Waals surface area contributed by atoms with Crippen LogP contribution in [0.2, 0.25) is 0 Å². The first-order valence-electron chi connectivity index (χ1n) is 12.5. The number of fused-ring (bicyclic) bond motifs is 1. The van der Waals surface area contributed by atoms with Crippen LogP contribution in [0.5, 0.6) is 5.75 Å². The standard InChI is InChI=1S/C30H26N2O7S/c1-5-38-29(36)25-17(3)31-30-32(26(25)18-7-6-8-20(14-18)37-4)27(33)24(40-30)15-21-10-12-23(39-21)22-11-9-19(28(34)35)13-16(22)2/h6-15,26H,5H2,1-4H3,(H,34,35)/b24-15-/t26-/m0/s1. The minimum absolute atomic E-state index is 0.185. The van der Waals surface area contributed by atoms with E-state index < -0.39 is 18.0 Å². The van der Waals surface area contributed by atoms with Gasteiger partial charge in [0.05, 0.1) is 41.1 Å². The van der Waals surface area contributed by atoms with Gasteiger partial charge >= 0.3 is 11.9 Å². The number of nitrogens with zero attached hydrogens (tertiary/aromatic N) is 2. The molecule has 0 bridgehead atoms. The molecule has 10 heteroatoms. The van der Waals surface area contributed by atoms with Crippen LogP contribution < -0.4 is 19.6 Å². The number of carbonyl (C=O) groups is 2. The average Bonchev–Trinajstić information content (AvgIpc) is 3.52. The topological polar surface area (TPSA) is 120 Å². The Morgan fingerprint density at radius 1 is 1.15 bits per heavy atom. The van der Waals surface area contributed by atoms with Crippen LogP contribution in [0.25, 0.3) is 17.4 Å². The molecule has 204 valence electrons. The van der Waals surface area contributed by atoms with Gasteiger partial charge in [-0.15, -0.1) is 0 Å². The third-order valence-electron chi connectivity index (χ3n) is 6.57. The zero-order chi connectivity index (χ0) is 28.6. The minimum atomic E-state index is -1.00. The fraction of sp³-hybridized carbons (Fsp3) is 0.200. The number of carbonyl (C=O) groups excluding carboxylic acids is 1. The highest BCUT2D eigenvalue weighted by atomic mass is 32.1. The Morgan fingerprint density at radius 2 is 1.95 bits per heavy atom. The van der Waals surface area contributed by atoms with E-state index in [0.717, 1.165) is 11.1 Å². The highest BCUT2D eigenvalue weighted by Gasteiger charge is 2.33. The summed E-state index contributed by atoms with van der Waals surface area (Å²) in [6.07, 6.45) is 1.64. The van der Waals surface area contributed by atoms with E-state index in [9.17, 15) is 19.5 Å². The Balaban J connectivity index is 1.62. The van der Waals surface area contributed by atoms with E-state index in [1.165, 1.54) is 22.0 Å². The first-order valence-corrected chi connectivity index (χ1v) is 13.3. The van der Waals surface area contributed by atoms with Gasteiger partial charge in [-0.3, -0.25) is 9.36 Å². The molecule has 0 amide bonds. The smallest absolute Gasteiger partial charge is 0.338 e. The molecule has 3 heterocycles. The van der Waals surface area contributed by atoms with Crippen molar-refractivity contribution in [2.75, 3.05) is 13.7 Å². The van der Waals surface area contributed by atoms with Crippen LogP contribution in [0.15, 0.2) is 80.1 Å². The summed E-state index contributed by atoms with van der Waals surface area (Å²) in [6.45, 7) is 5.45. The maximum absolute atomic E-state index is 13.8. The van der Waals surface area contributed by atoms with Crippen molar-refractivity contribution in [3.05, 3.63) is 108 Å². The van der Waals surface area contributed by atoms with Gasteiger partial charge in [-0.25, -0.2) is 14.6 Å². The van der Waals surface area contributed by atoms with Gasteiger partial charge in [0, 0.05) is 11.6 Å². The summed E-state index contributed by atoms with van der Waals surface area (Å²) in [6, 6.07) is 14.8. The zero-order valence-corrected chi connectivity index (χ0v) is 23.1. The van der Waals surface area contributed by atoms with Crippen molar-refractivity contribution < 1.29 is 28.6 Å². The van der Waals surface area contributed by atoms with Gasteiger partial charge in [-0.05, 0) is 68.3 Å². The molecule has 1 N–H and O–H groups in total. The molecule has 1 aliphatic heterocycles. The summed E-state index contributed by atoms with van der Waals surface area (Å²) in [7, 11) is 1.55. The molecule has 40 heavy (non-hydrogen) atoms. The molecule has 2 aromatic heterocycles. The molecule has 0 saturated carbocycles. The minimum Gasteiger partial charge on any atom is -0.497 e. The number of carboxylic acids is 1. The third kappa shape index (κ3) is 4.89. The monoisotopic (exact) mass is 558 g/mol. The summed E-state index contributed by atoms with van der Waals surface area (Å²) in [4.78, 5) is 43.2. The number of carboxylic acid groups (broad SMARTS) is 1. The summed E-state index contributed by atoms with van der Waals surface area (Å²) < 4.78 is 18.6. The Labute approximate surface area is 232 Å². The van der Waals surface area contributed by atoms with Gasteiger partial charge in [0.15, 0.2) is 4.80 Å². The number of hydrogen-bond acceptors (Lipinski definition) is 8. The highest BCUT2D eigenvalue weighted by Crippen LogP contribution is 2.32. The van der Waals surface area contributed by atoms with Gasteiger partial charge in [0.1, 0.15) is 17.3 Å². The summed E-state index contributed by atoms with van der Waals surface area (Å²) in [5.74, 6) is 0.0428. The fourth-order valence-electron chi connectivity index (χ4n) is 4.70. The number of hydrogen-bond donors (Lipinski definition) is 1. The van der Waals surface area contributed by atoms with Crippen LogP contribution in [0.3, 0.4) is 0 Å². The van der Waals surface area contributed by atoms with Crippen LogP contribution in [-0.4, -0.2) is 35.3 Å². The second-order valence-electron chi connectivity index (χ2n) is 9.12. The van der Waals surface area contributed by atoms with E-state index in [1.807, 2.05) is 13.0 Å². The van der Waals surface area contributed by atoms with Crippen LogP contribution >= 0.6 is 11.3 Å². The molecule has 0 aliphatic carbocycles. The van der Waals surface area contributed by atoms with Gasteiger partial charge in [0.2, 0.25) is 0 Å². The predicted molar refractivity (Wildman–Crippen MR) is 149 cm³/mol. The molecular weight excluding hydrogens is 532 g/mol. The molecule has 0 unspecified atom stereocenters. The molecule has 4 aromatic rings. The van der Waals surface area contributed by atoms with Crippen molar-refractivity contribution in [3.8, 4) is 17.1 Å². The van der Waals surface area contributed by atoms with Gasteiger partial charge in [-0.2, -0.15) is 0 Å². The van der Waals surface area contributed by atoms with E-state index in [0.29, 0.717) is 37.9 Å². The largest absolute Gasteiger partial charge is 0.497 e. The number of aromatic nitrogens is 1. The van der Waals surface area contributed by atoms with E-state index in [-0.39, 0.29) is 23.3 Å². The Morgan fingerprint density at radius 3 is 2.65 bits per heavy atom. The second kappa shape index (κ2) is 10.8. The third-order valence-corrected chi connectivity index (χ3v) is 7.55. The molecule has 0 radical (unpaired) electrons. The van der Waals surface area contributed by atoms with E-state index in [1.54, 1.807) is 69.5 Å². The number of allylic oxidation sites excluding steroid dienone is 1. The molecule has 2 aromatic carbocycles. The first-order chi connectivity index (χ1) is 19.2. The summed E-state index contributed by atoms with van der Waals surface area (Å²) >= 11 is 1.19. The van der Waals surface area contributed by atoms with Gasteiger partial charge in [0.25, 0.3) is 5.56 Å². The van der Waals surface area contributed by atoms with Crippen molar-refractivity contribution in [2.45, 2.75) is 26.8 Å². The number of aryl methyl sites for hydroxylation is 1. The van der Waals surface area contributed by atoms with Crippen LogP contribution in [0.1, 0.15) is 47.1 Å². The SMILES string of the molecule is CCOC(=O)C1=C(C)N=c2s/c(=C\c3ccc(-c4ccc(C(=O)O)cc4C)o3)c(=O)n2[C@H]1c1cccc(OC)c1. The van der Waals surface area contributed by atoms with E-state index >= 15 is 0 Å². The molecule has 0 spiro atoms. The predicted octanol–water partition coefficient (Wildman–Crippen LogP) is 4.07. The number of esters is 1. The van der Waals surface area contributed by atoms with E-state index in [2.05, 4.69) is 4.99 Å². The molecule has 0 fully saturated rings. The molecular formula is C30H26N2O7S. The van der Waals surface area contributed by atoms with Crippen molar-refractivity contribution in [1.82, 2.24) is 4.57 Å². The van der Waals surface area contributed by atoms with E-state index in [4.69, 9.17) is 13.9 Å². The van der Waals surface area contributed by atoms with Crippen molar-refractivity contribution in [3.63, 3.8) is 0 Å². The lowest BCUT2D eigenvalue weighted by molar-refractivity contribution is -0.139. The number of thiazole rings is 1. The first kappa shape index (κ1) is 26.9. The van der Waals surface area contributed by atoms with Crippen molar-refractivity contribution in [2.24, 2.45) is 4.99 Å². The molecule has 9 nitrogen and oxygen atoms in total. The number of aromatic carboxylic acids is 1. The van der Waals surface area contributed by atoms with Crippen LogP contribution in [-0.2, 0) is 9.53 Å². The lowest BCUT2D eigenvalue weighted by atomic mass is 9.95.